The summed E-state index contributed by atoms with van der Waals surface area (Å²) in [6.45, 7) is 8.74. The highest BCUT2D eigenvalue weighted by molar-refractivity contribution is 5.71. The average molecular weight is 225 g/mol. The van der Waals surface area contributed by atoms with E-state index < -0.39 is 0 Å². The largest absolute Gasteiger partial charge is 0.399 e. The Labute approximate surface area is 103 Å². The predicted molar refractivity (Wildman–Crippen MR) is 75.2 cm³/mol. The van der Waals surface area contributed by atoms with Crippen LogP contribution >= 0.6 is 0 Å². The number of anilines is 1. The molecule has 0 atom stereocenters. The van der Waals surface area contributed by atoms with Crippen LogP contribution in [-0.2, 0) is 0 Å². The lowest BCUT2D eigenvalue weighted by Crippen LogP contribution is -1.94. The lowest BCUT2D eigenvalue weighted by atomic mass is 9.91. The normalized spacial score (nSPS) is 10.6. The van der Waals surface area contributed by atoms with E-state index in [0.717, 1.165) is 5.69 Å². The summed E-state index contributed by atoms with van der Waals surface area (Å²) in [6, 6.07) is 10.4. The summed E-state index contributed by atoms with van der Waals surface area (Å²) >= 11 is 0. The summed E-state index contributed by atoms with van der Waals surface area (Å²) in [5, 5.41) is 0. The molecule has 0 aromatic heterocycles. The van der Waals surface area contributed by atoms with E-state index in [1.165, 1.54) is 33.4 Å². The molecular formula is C16H19N. The zero-order valence-electron chi connectivity index (χ0n) is 11.0. The molecule has 0 bridgehead atoms. The molecule has 0 aliphatic rings. The van der Waals surface area contributed by atoms with Crippen molar-refractivity contribution < 1.29 is 0 Å². The van der Waals surface area contributed by atoms with Gasteiger partial charge in [0.25, 0.3) is 0 Å². The first-order valence-electron chi connectivity index (χ1n) is 5.94. The zero-order valence-corrected chi connectivity index (χ0v) is 11.0. The number of nitrogen functional groups attached to an aromatic ring is 1. The van der Waals surface area contributed by atoms with Crippen molar-refractivity contribution in [1.82, 2.24) is 0 Å². The van der Waals surface area contributed by atoms with Crippen molar-refractivity contribution >= 4 is 5.69 Å². The van der Waals surface area contributed by atoms with Gasteiger partial charge in [-0.05, 0) is 73.2 Å². The van der Waals surface area contributed by atoms with Crippen molar-refractivity contribution in [2.24, 2.45) is 0 Å². The second kappa shape index (κ2) is 4.25. The summed E-state index contributed by atoms with van der Waals surface area (Å²) in [7, 11) is 0. The van der Waals surface area contributed by atoms with Crippen LogP contribution in [0, 0.1) is 27.7 Å². The number of rotatable bonds is 1. The second-order valence-electron chi connectivity index (χ2n) is 4.74. The van der Waals surface area contributed by atoms with E-state index in [-0.39, 0.29) is 0 Å². The lowest BCUT2D eigenvalue weighted by molar-refractivity contribution is 1.22. The fourth-order valence-electron chi connectivity index (χ4n) is 2.17. The van der Waals surface area contributed by atoms with Gasteiger partial charge in [0.15, 0.2) is 0 Å². The van der Waals surface area contributed by atoms with Crippen molar-refractivity contribution in [1.29, 1.82) is 0 Å². The van der Waals surface area contributed by atoms with Gasteiger partial charge in [-0.25, -0.2) is 0 Å². The first-order chi connectivity index (χ1) is 8.00. The van der Waals surface area contributed by atoms with Crippen LogP contribution < -0.4 is 5.73 Å². The van der Waals surface area contributed by atoms with Gasteiger partial charge in [0.05, 0.1) is 0 Å². The molecule has 1 nitrogen and oxygen atoms in total. The van der Waals surface area contributed by atoms with Gasteiger partial charge in [0, 0.05) is 5.69 Å². The molecule has 0 spiro atoms. The number of hydrogen-bond donors (Lipinski definition) is 1. The molecule has 0 unspecified atom stereocenters. The van der Waals surface area contributed by atoms with Gasteiger partial charge in [-0.15, -0.1) is 0 Å². The molecule has 0 aliphatic heterocycles. The minimum absolute atomic E-state index is 0.812. The molecule has 0 saturated heterocycles. The van der Waals surface area contributed by atoms with Crippen LogP contribution in [0.5, 0.6) is 0 Å². The molecule has 2 aromatic rings. The van der Waals surface area contributed by atoms with Gasteiger partial charge in [-0.2, -0.15) is 0 Å². The third-order valence-corrected chi connectivity index (χ3v) is 3.70. The Bertz CT molecular complexity index is 551. The Balaban J connectivity index is 2.64. The molecule has 0 saturated carbocycles. The number of hydrogen-bond acceptors (Lipinski definition) is 1. The zero-order chi connectivity index (χ0) is 12.6. The van der Waals surface area contributed by atoms with E-state index in [4.69, 9.17) is 5.73 Å². The van der Waals surface area contributed by atoms with Gasteiger partial charge in [0.1, 0.15) is 0 Å². The Hall–Kier alpha value is -1.76. The monoisotopic (exact) mass is 225 g/mol. The fourth-order valence-corrected chi connectivity index (χ4v) is 2.17. The van der Waals surface area contributed by atoms with Crippen LogP contribution in [0.4, 0.5) is 5.69 Å². The van der Waals surface area contributed by atoms with Crippen LogP contribution in [0.2, 0.25) is 0 Å². The minimum Gasteiger partial charge on any atom is -0.399 e. The van der Waals surface area contributed by atoms with Gasteiger partial charge < -0.3 is 5.73 Å². The average Bonchev–Trinajstić information content (AvgIpc) is 2.32. The van der Waals surface area contributed by atoms with Crippen LogP contribution in [0.1, 0.15) is 22.3 Å². The summed E-state index contributed by atoms with van der Waals surface area (Å²) in [6.07, 6.45) is 0. The summed E-state index contributed by atoms with van der Waals surface area (Å²) in [5.74, 6) is 0. The van der Waals surface area contributed by atoms with Gasteiger partial charge in [-0.3, -0.25) is 0 Å². The predicted octanol–water partition coefficient (Wildman–Crippen LogP) is 4.17. The van der Waals surface area contributed by atoms with Gasteiger partial charge in [0.2, 0.25) is 0 Å². The maximum absolute atomic E-state index is 5.73. The SMILES string of the molecule is Cc1cc(-c2ccc(N)cc2)c(C)c(C)c1C. The third kappa shape index (κ3) is 2.05. The number of aryl methyl sites for hydroxylation is 1. The molecule has 0 fully saturated rings. The van der Waals surface area contributed by atoms with Crippen molar-refractivity contribution in [3.8, 4) is 11.1 Å². The van der Waals surface area contributed by atoms with Crippen molar-refractivity contribution in [2.75, 3.05) is 5.73 Å². The maximum Gasteiger partial charge on any atom is 0.0314 e. The molecule has 2 rings (SSSR count). The van der Waals surface area contributed by atoms with E-state index >= 15 is 0 Å². The van der Waals surface area contributed by atoms with E-state index in [1.807, 2.05) is 12.1 Å². The maximum atomic E-state index is 5.73. The third-order valence-electron chi connectivity index (χ3n) is 3.70. The van der Waals surface area contributed by atoms with Crippen LogP contribution in [0.25, 0.3) is 11.1 Å². The first-order valence-corrected chi connectivity index (χ1v) is 5.94. The van der Waals surface area contributed by atoms with Crippen LogP contribution in [0.15, 0.2) is 30.3 Å². The topological polar surface area (TPSA) is 26.0 Å². The summed E-state index contributed by atoms with van der Waals surface area (Å²) in [4.78, 5) is 0. The number of nitrogens with two attached hydrogens (primary N) is 1. The Kier molecular flexibility index (Phi) is 2.93. The molecule has 2 N–H and O–H groups in total. The summed E-state index contributed by atoms with van der Waals surface area (Å²) in [5.41, 5.74) is 14.6. The highest BCUT2D eigenvalue weighted by Crippen LogP contribution is 2.30. The molecular weight excluding hydrogens is 206 g/mol. The smallest absolute Gasteiger partial charge is 0.0314 e. The van der Waals surface area contributed by atoms with Crippen molar-refractivity contribution in [3.05, 3.63) is 52.6 Å². The molecule has 88 valence electrons. The fraction of sp³-hybridized carbons (Fsp3) is 0.250. The highest BCUT2D eigenvalue weighted by Gasteiger charge is 2.08. The molecule has 0 aliphatic carbocycles. The van der Waals surface area contributed by atoms with Crippen LogP contribution in [-0.4, -0.2) is 0 Å². The molecule has 0 heterocycles. The minimum atomic E-state index is 0.812. The molecule has 2 aromatic carbocycles. The van der Waals surface area contributed by atoms with Crippen molar-refractivity contribution in [2.45, 2.75) is 27.7 Å². The Morgan fingerprint density at radius 3 is 1.94 bits per heavy atom. The molecule has 17 heavy (non-hydrogen) atoms. The molecule has 1 heteroatoms. The quantitative estimate of drug-likeness (QED) is 0.724. The number of benzene rings is 2. The van der Waals surface area contributed by atoms with E-state index in [2.05, 4.69) is 45.9 Å². The van der Waals surface area contributed by atoms with E-state index in [0.29, 0.717) is 0 Å². The Morgan fingerprint density at radius 1 is 0.765 bits per heavy atom. The molecule has 0 radical (unpaired) electrons. The standard InChI is InChI=1S/C16H19N/c1-10-9-16(13(4)12(3)11(10)2)14-5-7-15(17)8-6-14/h5-9H,17H2,1-4H3. The first kappa shape index (κ1) is 11.7. The summed E-state index contributed by atoms with van der Waals surface area (Å²) < 4.78 is 0. The second-order valence-corrected chi connectivity index (χ2v) is 4.74. The van der Waals surface area contributed by atoms with Crippen molar-refractivity contribution in [3.63, 3.8) is 0 Å². The lowest BCUT2D eigenvalue weighted by Gasteiger charge is -2.14. The van der Waals surface area contributed by atoms with E-state index in [9.17, 15) is 0 Å². The van der Waals surface area contributed by atoms with Crippen LogP contribution in [0.3, 0.4) is 0 Å². The van der Waals surface area contributed by atoms with Gasteiger partial charge in [-0.1, -0.05) is 18.2 Å². The Morgan fingerprint density at radius 2 is 1.35 bits per heavy atom. The van der Waals surface area contributed by atoms with E-state index in [1.54, 1.807) is 0 Å². The highest BCUT2D eigenvalue weighted by atomic mass is 14.5. The molecule has 0 amide bonds. The van der Waals surface area contributed by atoms with Gasteiger partial charge >= 0.3 is 0 Å².